The number of carbonyl (C=O) groups is 3. The van der Waals surface area contributed by atoms with Crippen molar-refractivity contribution < 1.29 is 23.9 Å². The summed E-state index contributed by atoms with van der Waals surface area (Å²) < 4.78 is 11.0. The first-order valence-corrected chi connectivity index (χ1v) is 11.2. The van der Waals surface area contributed by atoms with E-state index < -0.39 is 11.7 Å². The average molecular weight is 447 g/mol. The Morgan fingerprint density at radius 1 is 1.12 bits per heavy atom. The van der Waals surface area contributed by atoms with Crippen LogP contribution in [0.2, 0.25) is 0 Å². The minimum atomic E-state index is -0.619. The highest BCUT2D eigenvalue weighted by atomic mass is 16.6. The van der Waals surface area contributed by atoms with E-state index in [2.05, 4.69) is 20.4 Å². The largest absolute Gasteiger partial charge is 0.481 e. The molecule has 1 unspecified atom stereocenters. The molecule has 2 saturated heterocycles. The monoisotopic (exact) mass is 446 g/mol. The highest BCUT2D eigenvalue weighted by Crippen LogP contribution is 2.23. The number of ether oxygens (including phenoxy) is 2. The second-order valence-corrected chi connectivity index (χ2v) is 9.16. The molecule has 9 nitrogen and oxygen atoms in total. The number of hydrogen-bond acceptors (Lipinski definition) is 7. The fourth-order valence-electron chi connectivity index (χ4n) is 3.72. The SMILES string of the molecule is CC(C)(C)OC(=O)NCCCN1CCN(c2ccc(OC3CCC(=O)NC3=O)cc2)CC1. The summed E-state index contributed by atoms with van der Waals surface area (Å²) in [6, 6.07) is 7.74. The molecule has 0 aliphatic carbocycles. The minimum absolute atomic E-state index is 0.247. The van der Waals surface area contributed by atoms with Crippen LogP contribution >= 0.6 is 0 Å². The van der Waals surface area contributed by atoms with Crippen molar-refractivity contribution in [2.24, 2.45) is 0 Å². The van der Waals surface area contributed by atoms with E-state index in [0.717, 1.165) is 44.8 Å². The van der Waals surface area contributed by atoms with Crippen molar-refractivity contribution in [3.63, 3.8) is 0 Å². The fourth-order valence-corrected chi connectivity index (χ4v) is 3.72. The normalized spacial score (nSPS) is 20.0. The molecule has 9 heteroatoms. The maximum absolute atomic E-state index is 11.8. The van der Waals surface area contributed by atoms with Crippen LogP contribution in [0.25, 0.3) is 0 Å². The lowest BCUT2D eigenvalue weighted by Crippen LogP contribution is -2.47. The third-order valence-electron chi connectivity index (χ3n) is 5.36. The Balaban J connectivity index is 1.35. The van der Waals surface area contributed by atoms with Gasteiger partial charge in [-0.25, -0.2) is 4.79 Å². The lowest BCUT2D eigenvalue weighted by atomic mass is 10.1. The first-order valence-electron chi connectivity index (χ1n) is 11.2. The molecule has 1 atom stereocenters. The summed E-state index contributed by atoms with van der Waals surface area (Å²) in [7, 11) is 0. The number of benzene rings is 1. The zero-order valence-corrected chi connectivity index (χ0v) is 19.2. The number of nitrogens with zero attached hydrogens (tertiary/aromatic N) is 2. The topological polar surface area (TPSA) is 100 Å². The number of carbonyl (C=O) groups excluding carboxylic acids is 3. The molecule has 0 saturated carbocycles. The summed E-state index contributed by atoms with van der Waals surface area (Å²) >= 11 is 0. The van der Waals surface area contributed by atoms with Crippen LogP contribution in [0, 0.1) is 0 Å². The zero-order chi connectivity index (χ0) is 23.1. The summed E-state index contributed by atoms with van der Waals surface area (Å²) in [5.41, 5.74) is 0.641. The van der Waals surface area contributed by atoms with E-state index in [1.165, 1.54) is 0 Å². The number of imide groups is 1. The van der Waals surface area contributed by atoms with E-state index in [9.17, 15) is 14.4 Å². The molecular formula is C23H34N4O5. The molecule has 32 heavy (non-hydrogen) atoms. The quantitative estimate of drug-likeness (QED) is 0.487. The summed E-state index contributed by atoms with van der Waals surface area (Å²) in [4.78, 5) is 39.5. The zero-order valence-electron chi connectivity index (χ0n) is 19.2. The van der Waals surface area contributed by atoms with Gasteiger partial charge in [-0.2, -0.15) is 0 Å². The molecule has 2 fully saturated rings. The van der Waals surface area contributed by atoms with Gasteiger partial charge < -0.3 is 19.7 Å². The second kappa shape index (κ2) is 10.7. The Hall–Kier alpha value is -2.81. The van der Waals surface area contributed by atoms with Gasteiger partial charge in [0.2, 0.25) is 5.91 Å². The fraction of sp³-hybridized carbons (Fsp3) is 0.609. The van der Waals surface area contributed by atoms with Crippen molar-refractivity contribution in [2.45, 2.75) is 51.7 Å². The number of piperidine rings is 1. The molecular weight excluding hydrogens is 412 g/mol. The number of rotatable bonds is 7. The van der Waals surface area contributed by atoms with E-state index >= 15 is 0 Å². The highest BCUT2D eigenvalue weighted by molar-refractivity contribution is 5.99. The van der Waals surface area contributed by atoms with Gasteiger partial charge in [0.15, 0.2) is 6.10 Å². The van der Waals surface area contributed by atoms with E-state index in [-0.39, 0.29) is 17.9 Å². The molecule has 3 amide bonds. The van der Waals surface area contributed by atoms with E-state index in [1.807, 2.05) is 45.0 Å². The highest BCUT2D eigenvalue weighted by Gasteiger charge is 2.28. The molecule has 2 aliphatic rings. The van der Waals surface area contributed by atoms with Crippen molar-refractivity contribution in [2.75, 3.05) is 44.2 Å². The van der Waals surface area contributed by atoms with Gasteiger partial charge in [-0.05, 0) is 58.0 Å². The molecule has 2 N–H and O–H groups in total. The van der Waals surface area contributed by atoms with E-state index in [4.69, 9.17) is 9.47 Å². The number of alkyl carbamates (subject to hydrolysis) is 1. The van der Waals surface area contributed by atoms with Gasteiger partial charge in [-0.1, -0.05) is 0 Å². The molecule has 176 valence electrons. The molecule has 2 heterocycles. The molecule has 0 aromatic heterocycles. The maximum Gasteiger partial charge on any atom is 0.407 e. The van der Waals surface area contributed by atoms with Gasteiger partial charge in [0.1, 0.15) is 11.4 Å². The van der Waals surface area contributed by atoms with Crippen molar-refractivity contribution in [3.8, 4) is 5.75 Å². The predicted octanol–water partition coefficient (Wildman–Crippen LogP) is 1.91. The number of amides is 3. The van der Waals surface area contributed by atoms with Crippen LogP contribution in [0.15, 0.2) is 24.3 Å². The second-order valence-electron chi connectivity index (χ2n) is 9.16. The van der Waals surface area contributed by atoms with Crippen LogP contribution in [0.5, 0.6) is 5.75 Å². The molecule has 1 aromatic carbocycles. The lowest BCUT2D eigenvalue weighted by Gasteiger charge is -2.36. The van der Waals surface area contributed by atoms with Crippen molar-refractivity contribution in [1.29, 1.82) is 0 Å². The average Bonchev–Trinajstić information content (AvgIpc) is 2.73. The van der Waals surface area contributed by atoms with Gasteiger partial charge in [-0.15, -0.1) is 0 Å². The van der Waals surface area contributed by atoms with Gasteiger partial charge >= 0.3 is 6.09 Å². The van der Waals surface area contributed by atoms with E-state index in [0.29, 0.717) is 25.1 Å². The van der Waals surface area contributed by atoms with Gasteiger partial charge in [0.25, 0.3) is 5.91 Å². The van der Waals surface area contributed by atoms with Crippen LogP contribution in [-0.4, -0.2) is 73.8 Å². The molecule has 2 aliphatic heterocycles. The molecule has 1 aromatic rings. The van der Waals surface area contributed by atoms with Gasteiger partial charge in [-0.3, -0.25) is 19.8 Å². The number of piperazine rings is 1. The summed E-state index contributed by atoms with van der Waals surface area (Å²) in [6.07, 6.45) is 0.600. The smallest absolute Gasteiger partial charge is 0.407 e. The Kier molecular flexibility index (Phi) is 7.95. The van der Waals surface area contributed by atoms with Crippen LogP contribution in [-0.2, 0) is 14.3 Å². The molecule has 0 bridgehead atoms. The first kappa shape index (κ1) is 23.8. The van der Waals surface area contributed by atoms with Crippen molar-refractivity contribution >= 4 is 23.6 Å². The number of nitrogens with one attached hydrogen (secondary N) is 2. The molecule has 0 spiro atoms. The lowest BCUT2D eigenvalue weighted by molar-refractivity contribution is -0.138. The van der Waals surface area contributed by atoms with Gasteiger partial charge in [0.05, 0.1) is 0 Å². The van der Waals surface area contributed by atoms with Crippen LogP contribution < -0.4 is 20.3 Å². The molecule has 0 radical (unpaired) electrons. The van der Waals surface area contributed by atoms with Gasteiger partial charge in [0, 0.05) is 51.3 Å². The summed E-state index contributed by atoms with van der Waals surface area (Å²) in [5, 5.41) is 5.11. The Morgan fingerprint density at radius 2 is 1.81 bits per heavy atom. The van der Waals surface area contributed by atoms with E-state index in [1.54, 1.807) is 0 Å². The predicted molar refractivity (Wildman–Crippen MR) is 121 cm³/mol. The third kappa shape index (κ3) is 7.40. The van der Waals surface area contributed by atoms with Crippen molar-refractivity contribution in [1.82, 2.24) is 15.5 Å². The standard InChI is InChI=1S/C23H34N4O5/c1-23(2,3)32-22(30)24-11-4-12-26-13-15-27(16-14-26)17-5-7-18(8-6-17)31-19-9-10-20(28)25-21(19)29/h5-8,19H,4,9-16H2,1-3H3,(H,24,30)(H,25,28,29). The maximum atomic E-state index is 11.8. The van der Waals surface area contributed by atoms with Crippen LogP contribution in [0.1, 0.15) is 40.0 Å². The number of anilines is 1. The van der Waals surface area contributed by atoms with Crippen LogP contribution in [0.3, 0.4) is 0 Å². The number of hydrogen-bond donors (Lipinski definition) is 2. The minimum Gasteiger partial charge on any atom is -0.481 e. The Labute approximate surface area is 189 Å². The third-order valence-corrected chi connectivity index (χ3v) is 5.36. The van der Waals surface area contributed by atoms with Crippen molar-refractivity contribution in [3.05, 3.63) is 24.3 Å². The summed E-state index contributed by atoms with van der Waals surface area (Å²) in [6.45, 7) is 10.9. The Morgan fingerprint density at radius 3 is 2.44 bits per heavy atom. The Bertz CT molecular complexity index is 798. The summed E-state index contributed by atoms with van der Waals surface area (Å²) in [5.74, 6) is 0.00533. The van der Waals surface area contributed by atoms with Crippen LogP contribution in [0.4, 0.5) is 10.5 Å². The molecule has 3 rings (SSSR count). The first-order chi connectivity index (χ1) is 15.2.